The number of benzene rings is 2. The summed E-state index contributed by atoms with van der Waals surface area (Å²) in [5, 5.41) is 4.08. The molecule has 0 unspecified atom stereocenters. The molecule has 0 spiro atoms. The van der Waals surface area contributed by atoms with Crippen LogP contribution in [-0.2, 0) is 14.8 Å². The van der Waals surface area contributed by atoms with E-state index in [1.807, 2.05) is 18.2 Å². The van der Waals surface area contributed by atoms with Gasteiger partial charge in [0.15, 0.2) is 5.60 Å². The SMILES string of the molecule is CS(=O)(=O)N1CCC(Nc2ncc3cccc(C4CC(OC(=O)c5ccccc5)(C(F)F)C4)c3n2)CC1. The lowest BCUT2D eigenvalue weighted by Crippen LogP contribution is -2.52. The van der Waals surface area contributed by atoms with Gasteiger partial charge in [0.05, 0.1) is 17.3 Å². The predicted molar refractivity (Wildman–Crippen MR) is 135 cm³/mol. The van der Waals surface area contributed by atoms with E-state index < -0.39 is 28.0 Å². The summed E-state index contributed by atoms with van der Waals surface area (Å²) >= 11 is 0. The Morgan fingerprint density at radius 1 is 1.11 bits per heavy atom. The quantitative estimate of drug-likeness (QED) is 0.457. The van der Waals surface area contributed by atoms with Crippen molar-refractivity contribution in [1.82, 2.24) is 14.3 Å². The van der Waals surface area contributed by atoms with Crippen LogP contribution in [0.2, 0.25) is 0 Å². The molecule has 196 valence electrons. The number of hydrogen-bond acceptors (Lipinski definition) is 7. The number of anilines is 1. The van der Waals surface area contributed by atoms with Gasteiger partial charge in [-0.05, 0) is 36.5 Å². The Morgan fingerprint density at radius 2 is 1.81 bits per heavy atom. The highest BCUT2D eigenvalue weighted by atomic mass is 32.2. The first-order valence-electron chi connectivity index (χ1n) is 12.2. The zero-order chi connectivity index (χ0) is 26.2. The summed E-state index contributed by atoms with van der Waals surface area (Å²) in [5.41, 5.74) is -0.124. The van der Waals surface area contributed by atoms with Crippen LogP contribution >= 0.6 is 0 Å². The minimum absolute atomic E-state index is 0.000923. The number of piperidine rings is 1. The Kier molecular flexibility index (Phi) is 6.84. The van der Waals surface area contributed by atoms with Crippen LogP contribution in [0.3, 0.4) is 0 Å². The molecule has 8 nitrogen and oxygen atoms in total. The number of fused-ring (bicyclic) bond motifs is 1. The van der Waals surface area contributed by atoms with E-state index in [0.717, 1.165) is 10.9 Å². The van der Waals surface area contributed by atoms with Gasteiger partial charge in [0.25, 0.3) is 6.43 Å². The Balaban J connectivity index is 1.31. The van der Waals surface area contributed by atoms with E-state index in [9.17, 15) is 22.0 Å². The number of hydrogen-bond donors (Lipinski definition) is 1. The summed E-state index contributed by atoms with van der Waals surface area (Å²) in [6, 6.07) is 13.7. The van der Waals surface area contributed by atoms with E-state index in [4.69, 9.17) is 9.72 Å². The fraction of sp³-hybridized carbons (Fsp3) is 0.423. The minimum Gasteiger partial charge on any atom is -0.449 e. The maximum Gasteiger partial charge on any atom is 0.338 e. The second-order valence-corrected chi connectivity index (χ2v) is 11.8. The smallest absolute Gasteiger partial charge is 0.338 e. The molecule has 0 atom stereocenters. The van der Waals surface area contributed by atoms with Gasteiger partial charge in [-0.3, -0.25) is 0 Å². The topological polar surface area (TPSA) is 101 Å². The summed E-state index contributed by atoms with van der Waals surface area (Å²) in [7, 11) is -3.21. The highest BCUT2D eigenvalue weighted by Gasteiger charge is 2.55. The molecule has 1 aromatic heterocycles. The molecule has 3 aromatic rings. The van der Waals surface area contributed by atoms with Crippen molar-refractivity contribution in [3.8, 4) is 0 Å². The van der Waals surface area contributed by atoms with Crippen molar-refractivity contribution in [2.24, 2.45) is 0 Å². The van der Waals surface area contributed by atoms with Gasteiger partial charge in [0.2, 0.25) is 16.0 Å². The van der Waals surface area contributed by atoms with Crippen LogP contribution < -0.4 is 5.32 Å². The Bertz CT molecular complexity index is 1390. The highest BCUT2D eigenvalue weighted by Crippen LogP contribution is 2.51. The van der Waals surface area contributed by atoms with Gasteiger partial charge in [-0.15, -0.1) is 0 Å². The number of halogens is 2. The number of nitrogens with zero attached hydrogens (tertiary/aromatic N) is 3. The first-order valence-corrected chi connectivity index (χ1v) is 14.0. The number of carbonyl (C=O) groups is 1. The molecule has 0 bridgehead atoms. The van der Waals surface area contributed by atoms with Gasteiger partial charge in [0.1, 0.15) is 0 Å². The number of esters is 1. The van der Waals surface area contributed by atoms with Gasteiger partial charge in [-0.25, -0.2) is 36.3 Å². The van der Waals surface area contributed by atoms with Crippen LogP contribution in [-0.4, -0.2) is 66.1 Å². The summed E-state index contributed by atoms with van der Waals surface area (Å²) in [6.07, 6.45) is 1.34. The molecule has 1 N–H and O–H groups in total. The number of alkyl halides is 2. The van der Waals surface area contributed by atoms with Crippen LogP contribution in [0, 0.1) is 0 Å². The average Bonchev–Trinajstić information content (AvgIpc) is 2.86. The van der Waals surface area contributed by atoms with Crippen LogP contribution in [0.1, 0.15) is 47.5 Å². The van der Waals surface area contributed by atoms with E-state index in [-0.39, 0.29) is 30.4 Å². The normalized spacial score (nSPS) is 23.1. The lowest BCUT2D eigenvalue weighted by Gasteiger charge is -2.46. The molecule has 2 heterocycles. The molecule has 1 saturated carbocycles. The number of para-hydroxylation sites is 1. The van der Waals surface area contributed by atoms with Gasteiger partial charge >= 0.3 is 5.97 Å². The zero-order valence-electron chi connectivity index (χ0n) is 20.3. The van der Waals surface area contributed by atoms with Crippen molar-refractivity contribution in [2.45, 2.75) is 49.7 Å². The third-order valence-corrected chi connectivity index (χ3v) is 8.53. The molecule has 1 aliphatic carbocycles. The molecule has 37 heavy (non-hydrogen) atoms. The summed E-state index contributed by atoms with van der Waals surface area (Å²) in [5.74, 6) is -0.595. The fourth-order valence-electron chi connectivity index (χ4n) is 5.11. The molecule has 1 saturated heterocycles. The standard InChI is InChI=1S/C26H28F2N4O4S/c1-37(34,35)32-12-10-20(11-13-32)30-25-29-16-18-8-5-9-21(22(18)31-25)19-14-26(15-19,24(27)28)36-23(33)17-6-3-2-4-7-17/h2-9,16,19-20,24H,10-15H2,1H3,(H,29,30,31). The monoisotopic (exact) mass is 530 g/mol. The van der Waals surface area contributed by atoms with Gasteiger partial charge in [-0.2, -0.15) is 0 Å². The number of rotatable bonds is 7. The van der Waals surface area contributed by atoms with Crippen molar-refractivity contribution in [3.05, 3.63) is 65.9 Å². The third kappa shape index (κ3) is 5.28. The Hall–Kier alpha value is -3.18. The largest absolute Gasteiger partial charge is 0.449 e. The average molecular weight is 531 g/mol. The second kappa shape index (κ2) is 9.94. The number of ether oxygens (including phenoxy) is 1. The molecule has 11 heteroatoms. The molecule has 5 rings (SSSR count). The molecular formula is C26H28F2N4O4S. The summed E-state index contributed by atoms with van der Waals surface area (Å²) in [6.45, 7) is 0.851. The fourth-order valence-corrected chi connectivity index (χ4v) is 5.98. The van der Waals surface area contributed by atoms with Crippen molar-refractivity contribution in [2.75, 3.05) is 24.7 Å². The third-order valence-electron chi connectivity index (χ3n) is 7.23. The van der Waals surface area contributed by atoms with Crippen molar-refractivity contribution >= 4 is 32.8 Å². The molecule has 2 aliphatic rings. The number of sulfonamides is 1. The number of carbonyl (C=O) groups excluding carboxylic acids is 1. The van der Waals surface area contributed by atoms with Crippen molar-refractivity contribution in [3.63, 3.8) is 0 Å². The first kappa shape index (κ1) is 25.5. The maximum absolute atomic E-state index is 14.1. The molecule has 2 aromatic carbocycles. The van der Waals surface area contributed by atoms with Crippen molar-refractivity contribution in [1.29, 1.82) is 0 Å². The predicted octanol–water partition coefficient (Wildman–Crippen LogP) is 4.20. The molecule has 0 radical (unpaired) electrons. The molecule has 1 aliphatic heterocycles. The number of aromatic nitrogens is 2. The highest BCUT2D eigenvalue weighted by molar-refractivity contribution is 7.88. The van der Waals surface area contributed by atoms with Gasteiger partial charge < -0.3 is 10.1 Å². The van der Waals surface area contributed by atoms with Crippen LogP contribution in [0.15, 0.2) is 54.7 Å². The number of nitrogens with one attached hydrogen (secondary N) is 1. The summed E-state index contributed by atoms with van der Waals surface area (Å²) in [4.78, 5) is 21.6. The van der Waals surface area contributed by atoms with Crippen molar-refractivity contribution < 1.29 is 26.7 Å². The van der Waals surface area contributed by atoms with E-state index in [2.05, 4.69) is 10.3 Å². The molecular weight excluding hydrogens is 502 g/mol. The van der Waals surface area contributed by atoms with E-state index in [1.54, 1.807) is 36.5 Å². The van der Waals surface area contributed by atoms with E-state index in [0.29, 0.717) is 37.4 Å². The molecule has 2 fully saturated rings. The van der Waals surface area contributed by atoms with Gasteiger partial charge in [0, 0.05) is 43.6 Å². The Morgan fingerprint density at radius 3 is 2.46 bits per heavy atom. The van der Waals surface area contributed by atoms with Gasteiger partial charge in [-0.1, -0.05) is 36.4 Å². The maximum atomic E-state index is 14.1. The summed E-state index contributed by atoms with van der Waals surface area (Å²) < 4.78 is 58.5. The lowest BCUT2D eigenvalue weighted by molar-refractivity contribution is -0.157. The van der Waals surface area contributed by atoms with E-state index in [1.165, 1.54) is 10.6 Å². The zero-order valence-corrected chi connectivity index (χ0v) is 21.1. The Labute approximate surface area is 214 Å². The van der Waals surface area contributed by atoms with Crippen LogP contribution in [0.5, 0.6) is 0 Å². The van der Waals surface area contributed by atoms with Crippen LogP contribution in [0.25, 0.3) is 10.9 Å². The minimum atomic E-state index is -3.21. The van der Waals surface area contributed by atoms with Crippen LogP contribution in [0.4, 0.5) is 14.7 Å². The second-order valence-electron chi connectivity index (χ2n) is 9.79. The first-order chi connectivity index (χ1) is 17.6. The molecule has 0 amide bonds. The van der Waals surface area contributed by atoms with E-state index >= 15 is 0 Å². The lowest BCUT2D eigenvalue weighted by atomic mass is 9.67.